The van der Waals surface area contributed by atoms with Crippen LogP contribution in [0.4, 0.5) is 8.78 Å². The average Bonchev–Trinajstić information content (AvgIpc) is 3.59. The van der Waals surface area contributed by atoms with Crippen LogP contribution in [0.5, 0.6) is 11.5 Å². The van der Waals surface area contributed by atoms with Crippen molar-refractivity contribution in [3.8, 4) is 28.3 Å². The van der Waals surface area contributed by atoms with Gasteiger partial charge in [0.2, 0.25) is 0 Å². The molecule has 3 heterocycles. The Morgan fingerprint density at radius 1 is 1.10 bits per heavy atom. The zero-order valence-electron chi connectivity index (χ0n) is 22.0. The summed E-state index contributed by atoms with van der Waals surface area (Å²) in [6.45, 7) is 3.87. The Morgan fingerprint density at radius 3 is 2.64 bits per heavy atom. The molecule has 4 aromatic rings. The predicted molar refractivity (Wildman–Crippen MR) is 142 cm³/mol. The summed E-state index contributed by atoms with van der Waals surface area (Å²) in [6, 6.07) is 8.90. The molecule has 0 amide bonds. The second-order valence-electron chi connectivity index (χ2n) is 9.34. The van der Waals surface area contributed by atoms with Crippen LogP contribution in [-0.4, -0.2) is 76.6 Å². The molecule has 2 aromatic carbocycles. The van der Waals surface area contributed by atoms with Gasteiger partial charge in [0.05, 0.1) is 49.8 Å². The number of rotatable bonds is 11. The predicted octanol–water partition coefficient (Wildman–Crippen LogP) is 4.81. The fourth-order valence-electron chi connectivity index (χ4n) is 4.79. The Morgan fingerprint density at radius 2 is 1.90 bits per heavy atom. The molecule has 1 fully saturated rings. The highest BCUT2D eigenvalue weighted by molar-refractivity contribution is 6.01. The smallest absolute Gasteiger partial charge is 0.387 e. The van der Waals surface area contributed by atoms with Gasteiger partial charge in [-0.05, 0) is 24.1 Å². The minimum absolute atomic E-state index is 0.0146. The fraction of sp³-hybridized carbons (Fsp3) is 0.393. The third kappa shape index (κ3) is 5.94. The van der Waals surface area contributed by atoms with E-state index >= 15 is 0 Å². The van der Waals surface area contributed by atoms with Crippen molar-refractivity contribution < 1.29 is 27.8 Å². The number of carbonyl (C=O) groups is 1. The SMILES string of the molecule is CCCC(=O)c1c(OC)cc(-n2cnc3cc(-c4cnn(CCN5CCOCC5)c4)ccc32)cc1OC(F)F. The molecule has 0 saturated carbocycles. The van der Waals surface area contributed by atoms with Crippen molar-refractivity contribution >= 4 is 16.8 Å². The van der Waals surface area contributed by atoms with Gasteiger partial charge in [-0.1, -0.05) is 13.0 Å². The Hall–Kier alpha value is -3.83. The minimum atomic E-state index is -3.09. The lowest BCUT2D eigenvalue weighted by Gasteiger charge is -2.26. The van der Waals surface area contributed by atoms with E-state index in [4.69, 9.17) is 14.2 Å². The summed E-state index contributed by atoms with van der Waals surface area (Å²) < 4.78 is 45.8. The molecule has 0 radical (unpaired) electrons. The van der Waals surface area contributed by atoms with E-state index in [1.165, 1.54) is 13.2 Å². The van der Waals surface area contributed by atoms with Crippen molar-refractivity contribution in [2.75, 3.05) is 40.0 Å². The van der Waals surface area contributed by atoms with Crippen LogP contribution in [0.1, 0.15) is 30.1 Å². The number of imidazole rings is 1. The first-order chi connectivity index (χ1) is 19.0. The van der Waals surface area contributed by atoms with Gasteiger partial charge in [-0.25, -0.2) is 4.98 Å². The summed E-state index contributed by atoms with van der Waals surface area (Å²) in [4.78, 5) is 19.6. The molecule has 1 aliphatic rings. The standard InChI is InChI=1S/C28H31F2N5O4/c1-3-4-24(36)27-25(37-2)14-21(15-26(27)39-28(29)30)35-18-31-22-13-19(5-6-23(22)35)20-16-32-34(17-20)8-7-33-9-11-38-12-10-33/h5-6,13-18,28H,3-4,7-12H2,1-2H3. The van der Waals surface area contributed by atoms with Crippen LogP contribution in [0.3, 0.4) is 0 Å². The molecule has 0 N–H and O–H groups in total. The summed E-state index contributed by atoms with van der Waals surface area (Å²) in [7, 11) is 1.40. The van der Waals surface area contributed by atoms with Crippen LogP contribution < -0.4 is 9.47 Å². The van der Waals surface area contributed by atoms with Crippen LogP contribution in [0, 0.1) is 0 Å². The molecule has 0 bridgehead atoms. The third-order valence-corrected chi connectivity index (χ3v) is 6.78. The largest absolute Gasteiger partial charge is 0.496 e. The highest BCUT2D eigenvalue weighted by Crippen LogP contribution is 2.36. The first kappa shape index (κ1) is 26.8. The summed E-state index contributed by atoms with van der Waals surface area (Å²) in [5.74, 6) is -0.368. The average molecular weight is 540 g/mol. The molecule has 5 rings (SSSR count). The Labute approximate surface area is 224 Å². The second kappa shape index (κ2) is 11.9. The first-order valence-corrected chi connectivity index (χ1v) is 13.0. The van der Waals surface area contributed by atoms with Gasteiger partial charge in [0.25, 0.3) is 0 Å². The molecule has 0 unspecified atom stereocenters. The van der Waals surface area contributed by atoms with Gasteiger partial charge in [-0.15, -0.1) is 0 Å². The number of hydrogen-bond acceptors (Lipinski definition) is 7. The minimum Gasteiger partial charge on any atom is -0.496 e. The lowest BCUT2D eigenvalue weighted by Crippen LogP contribution is -2.38. The number of methoxy groups -OCH3 is 1. The number of ether oxygens (including phenoxy) is 3. The highest BCUT2D eigenvalue weighted by Gasteiger charge is 2.23. The normalized spacial score (nSPS) is 14.3. The van der Waals surface area contributed by atoms with Gasteiger partial charge in [-0.2, -0.15) is 13.9 Å². The topological polar surface area (TPSA) is 83.6 Å². The molecule has 0 atom stereocenters. The molecule has 1 saturated heterocycles. The molecular weight excluding hydrogens is 508 g/mol. The van der Waals surface area contributed by atoms with Crippen LogP contribution in [-0.2, 0) is 11.3 Å². The number of Topliss-reactive ketones (excluding diaryl/α,β-unsaturated/α-hetero) is 1. The van der Waals surface area contributed by atoms with Gasteiger partial charge in [0.1, 0.15) is 23.4 Å². The van der Waals surface area contributed by atoms with E-state index in [1.54, 1.807) is 17.0 Å². The molecule has 1 aliphatic heterocycles. The zero-order chi connectivity index (χ0) is 27.4. The van der Waals surface area contributed by atoms with Crippen molar-refractivity contribution in [1.29, 1.82) is 0 Å². The summed E-state index contributed by atoms with van der Waals surface area (Å²) in [5.41, 5.74) is 3.92. The van der Waals surface area contributed by atoms with Crippen molar-refractivity contribution in [2.45, 2.75) is 32.9 Å². The maximum absolute atomic E-state index is 13.3. The van der Waals surface area contributed by atoms with Crippen LogP contribution in [0.15, 0.2) is 49.1 Å². The number of benzene rings is 2. The molecule has 11 heteroatoms. The number of alkyl halides is 2. The number of morpholine rings is 1. The molecule has 9 nitrogen and oxygen atoms in total. The summed E-state index contributed by atoms with van der Waals surface area (Å²) in [6.07, 6.45) is 6.22. The van der Waals surface area contributed by atoms with Crippen LogP contribution >= 0.6 is 0 Å². The van der Waals surface area contributed by atoms with Gasteiger partial charge < -0.3 is 14.2 Å². The van der Waals surface area contributed by atoms with Gasteiger partial charge >= 0.3 is 6.61 Å². The van der Waals surface area contributed by atoms with Crippen LogP contribution in [0.25, 0.3) is 27.8 Å². The Kier molecular flexibility index (Phi) is 8.18. The van der Waals surface area contributed by atoms with E-state index < -0.39 is 6.61 Å². The van der Waals surface area contributed by atoms with E-state index in [-0.39, 0.29) is 29.3 Å². The molecule has 0 aliphatic carbocycles. The molecule has 2 aromatic heterocycles. The number of hydrogen-bond donors (Lipinski definition) is 0. The van der Waals surface area contributed by atoms with E-state index in [0.717, 1.165) is 61.6 Å². The van der Waals surface area contributed by atoms with Crippen molar-refractivity contribution in [2.24, 2.45) is 0 Å². The van der Waals surface area contributed by atoms with E-state index in [2.05, 4.69) is 15.0 Å². The molecule has 0 spiro atoms. The second-order valence-corrected chi connectivity index (χ2v) is 9.34. The zero-order valence-corrected chi connectivity index (χ0v) is 22.0. The van der Waals surface area contributed by atoms with Gasteiger partial charge in [0, 0.05) is 49.9 Å². The Bertz CT molecular complexity index is 1450. The maximum atomic E-state index is 13.3. The van der Waals surface area contributed by atoms with Crippen molar-refractivity contribution in [3.63, 3.8) is 0 Å². The summed E-state index contributed by atoms with van der Waals surface area (Å²) >= 11 is 0. The quantitative estimate of drug-likeness (QED) is 0.253. The van der Waals surface area contributed by atoms with Crippen molar-refractivity contribution in [1.82, 2.24) is 24.2 Å². The van der Waals surface area contributed by atoms with Gasteiger partial charge in [0.15, 0.2) is 5.78 Å². The highest BCUT2D eigenvalue weighted by atomic mass is 19.3. The van der Waals surface area contributed by atoms with E-state index in [0.29, 0.717) is 12.1 Å². The number of ketones is 1. The Balaban J connectivity index is 1.42. The molecule has 39 heavy (non-hydrogen) atoms. The fourth-order valence-corrected chi connectivity index (χ4v) is 4.79. The number of aromatic nitrogens is 4. The lowest BCUT2D eigenvalue weighted by atomic mass is 10.0. The number of halogens is 2. The number of nitrogens with zero attached hydrogens (tertiary/aromatic N) is 5. The maximum Gasteiger partial charge on any atom is 0.387 e. The molecular formula is C28H31F2N5O4. The number of fused-ring (bicyclic) bond motifs is 1. The monoisotopic (exact) mass is 539 g/mol. The van der Waals surface area contributed by atoms with E-state index in [9.17, 15) is 13.6 Å². The number of carbonyl (C=O) groups excluding carboxylic acids is 1. The van der Waals surface area contributed by atoms with Crippen LogP contribution in [0.2, 0.25) is 0 Å². The van der Waals surface area contributed by atoms with Gasteiger partial charge in [-0.3, -0.25) is 18.9 Å². The first-order valence-electron chi connectivity index (χ1n) is 13.0. The summed E-state index contributed by atoms with van der Waals surface area (Å²) in [5, 5.41) is 4.51. The van der Waals surface area contributed by atoms with E-state index in [1.807, 2.05) is 42.2 Å². The molecule has 206 valence electrons. The van der Waals surface area contributed by atoms with Crippen molar-refractivity contribution in [3.05, 3.63) is 54.6 Å². The third-order valence-electron chi connectivity index (χ3n) is 6.78. The lowest BCUT2D eigenvalue weighted by molar-refractivity contribution is -0.0502.